The van der Waals surface area contributed by atoms with Crippen molar-refractivity contribution in [2.75, 3.05) is 13.1 Å². The van der Waals surface area contributed by atoms with Gasteiger partial charge in [-0.15, -0.1) is 0 Å². The summed E-state index contributed by atoms with van der Waals surface area (Å²) in [7, 11) is 1.48. The van der Waals surface area contributed by atoms with Gasteiger partial charge in [0.1, 0.15) is 11.6 Å². The topological polar surface area (TPSA) is 105 Å². The first-order chi connectivity index (χ1) is 14.5. The Hall–Kier alpha value is -3.23. The standard InChI is InChI=1S/C22H27FN4O4/c1-22(2,3)21-25-16(17(28)20(31)26(21)4)18(29)24-12-13-7-8-14(23)11-15(13)19(30)27-9-5-6-10-27/h7-8,11,28H,5-6,9-10,12H2,1-4H3,(H,24,29). The molecule has 8 nitrogen and oxygen atoms in total. The highest BCUT2D eigenvalue weighted by molar-refractivity contribution is 5.97. The van der Waals surface area contributed by atoms with Crippen LogP contribution in [0.2, 0.25) is 0 Å². The second kappa shape index (κ2) is 8.49. The van der Waals surface area contributed by atoms with Crippen LogP contribution in [0.25, 0.3) is 0 Å². The molecule has 166 valence electrons. The number of nitrogens with one attached hydrogen (secondary N) is 1. The second-order valence-corrected chi connectivity index (χ2v) is 8.73. The number of hydrogen-bond donors (Lipinski definition) is 2. The van der Waals surface area contributed by atoms with Crippen LogP contribution in [0.15, 0.2) is 23.0 Å². The zero-order chi connectivity index (χ0) is 22.9. The molecule has 0 unspecified atom stereocenters. The number of nitrogens with zero attached hydrogens (tertiary/aromatic N) is 3. The first-order valence-electron chi connectivity index (χ1n) is 10.2. The van der Waals surface area contributed by atoms with E-state index in [0.29, 0.717) is 24.5 Å². The molecule has 1 aromatic heterocycles. The lowest BCUT2D eigenvalue weighted by Gasteiger charge is -2.22. The third kappa shape index (κ3) is 4.60. The van der Waals surface area contributed by atoms with Gasteiger partial charge in [0.25, 0.3) is 17.4 Å². The summed E-state index contributed by atoms with van der Waals surface area (Å²) in [6.45, 7) is 6.64. The third-order valence-electron chi connectivity index (χ3n) is 5.29. The molecule has 0 radical (unpaired) electrons. The molecule has 1 aromatic carbocycles. The summed E-state index contributed by atoms with van der Waals surface area (Å²) < 4.78 is 15.0. The largest absolute Gasteiger partial charge is 0.501 e. The molecule has 0 bridgehead atoms. The van der Waals surface area contributed by atoms with Gasteiger partial charge in [-0.3, -0.25) is 19.0 Å². The number of benzene rings is 1. The van der Waals surface area contributed by atoms with Crippen molar-refractivity contribution < 1.29 is 19.1 Å². The van der Waals surface area contributed by atoms with Gasteiger partial charge < -0.3 is 15.3 Å². The second-order valence-electron chi connectivity index (χ2n) is 8.73. The van der Waals surface area contributed by atoms with Crippen LogP contribution >= 0.6 is 0 Å². The first-order valence-corrected chi connectivity index (χ1v) is 10.2. The summed E-state index contributed by atoms with van der Waals surface area (Å²) in [4.78, 5) is 43.7. The lowest BCUT2D eigenvalue weighted by atomic mass is 9.95. The fourth-order valence-electron chi connectivity index (χ4n) is 3.67. The van der Waals surface area contributed by atoms with E-state index in [-0.39, 0.29) is 23.7 Å². The molecule has 0 saturated carbocycles. The zero-order valence-corrected chi connectivity index (χ0v) is 18.2. The Kier molecular flexibility index (Phi) is 6.15. The van der Waals surface area contributed by atoms with Crippen LogP contribution < -0.4 is 10.9 Å². The smallest absolute Gasteiger partial charge is 0.296 e. The minimum Gasteiger partial charge on any atom is -0.501 e. The fraction of sp³-hybridized carbons (Fsp3) is 0.455. The molecule has 2 N–H and O–H groups in total. The fourth-order valence-corrected chi connectivity index (χ4v) is 3.67. The van der Waals surface area contributed by atoms with E-state index in [2.05, 4.69) is 10.3 Å². The van der Waals surface area contributed by atoms with Gasteiger partial charge in [0.05, 0.1) is 0 Å². The molecule has 1 aliphatic heterocycles. The molecule has 0 aliphatic carbocycles. The molecule has 0 atom stereocenters. The summed E-state index contributed by atoms with van der Waals surface area (Å²) >= 11 is 0. The highest BCUT2D eigenvalue weighted by Gasteiger charge is 2.27. The van der Waals surface area contributed by atoms with Crippen molar-refractivity contribution in [3.05, 3.63) is 57.0 Å². The normalized spacial score (nSPS) is 14.0. The molecular weight excluding hydrogens is 403 g/mol. The van der Waals surface area contributed by atoms with E-state index in [1.807, 2.05) is 20.8 Å². The maximum atomic E-state index is 13.8. The molecule has 31 heavy (non-hydrogen) atoms. The van der Waals surface area contributed by atoms with Gasteiger partial charge in [-0.2, -0.15) is 0 Å². The van der Waals surface area contributed by atoms with Gasteiger partial charge in [0.2, 0.25) is 5.75 Å². The van der Waals surface area contributed by atoms with Gasteiger partial charge in [0, 0.05) is 37.7 Å². The van der Waals surface area contributed by atoms with E-state index in [9.17, 15) is 23.9 Å². The van der Waals surface area contributed by atoms with Gasteiger partial charge in [-0.05, 0) is 30.5 Å². The molecule has 9 heteroatoms. The number of rotatable bonds is 4. The minimum absolute atomic E-state index is 0.0881. The Bertz CT molecular complexity index is 1080. The summed E-state index contributed by atoms with van der Waals surface area (Å²) in [5.41, 5.74) is -1.04. The molecule has 3 rings (SSSR count). The summed E-state index contributed by atoms with van der Waals surface area (Å²) in [6.07, 6.45) is 1.80. The van der Waals surface area contributed by atoms with Crippen molar-refractivity contribution in [2.24, 2.45) is 7.05 Å². The minimum atomic E-state index is -0.760. The SMILES string of the molecule is Cn1c(C(C)(C)C)nc(C(=O)NCc2ccc(F)cc2C(=O)N2CCCC2)c(O)c1=O. The van der Waals surface area contributed by atoms with Crippen LogP contribution in [0.3, 0.4) is 0 Å². The van der Waals surface area contributed by atoms with Gasteiger partial charge in [-0.1, -0.05) is 26.8 Å². The van der Waals surface area contributed by atoms with E-state index < -0.39 is 28.4 Å². The van der Waals surface area contributed by atoms with E-state index in [1.54, 1.807) is 4.90 Å². The zero-order valence-electron chi connectivity index (χ0n) is 18.2. The monoisotopic (exact) mass is 430 g/mol. The Balaban J connectivity index is 1.87. The molecule has 1 saturated heterocycles. The van der Waals surface area contributed by atoms with Crippen LogP contribution in [0.1, 0.15) is 65.8 Å². The summed E-state index contributed by atoms with van der Waals surface area (Å²) in [6, 6.07) is 3.82. The Morgan fingerprint density at radius 1 is 1.23 bits per heavy atom. The molecule has 2 amide bonds. The highest BCUT2D eigenvalue weighted by atomic mass is 19.1. The van der Waals surface area contributed by atoms with Crippen molar-refractivity contribution in [1.82, 2.24) is 19.8 Å². The molecule has 1 fully saturated rings. The third-order valence-corrected chi connectivity index (χ3v) is 5.29. The van der Waals surface area contributed by atoms with Crippen molar-refractivity contribution in [3.63, 3.8) is 0 Å². The van der Waals surface area contributed by atoms with Crippen molar-refractivity contribution in [1.29, 1.82) is 0 Å². The van der Waals surface area contributed by atoms with Crippen LogP contribution in [0, 0.1) is 5.82 Å². The maximum absolute atomic E-state index is 13.8. The van der Waals surface area contributed by atoms with E-state index in [4.69, 9.17) is 0 Å². The number of hydrogen-bond acceptors (Lipinski definition) is 5. The van der Waals surface area contributed by atoms with Crippen LogP contribution in [-0.2, 0) is 19.0 Å². The average Bonchev–Trinajstić information content (AvgIpc) is 3.24. The number of likely N-dealkylation sites (tertiary alicyclic amines) is 1. The van der Waals surface area contributed by atoms with Crippen LogP contribution in [-0.4, -0.2) is 44.5 Å². The lowest BCUT2D eigenvalue weighted by molar-refractivity contribution is 0.0789. The maximum Gasteiger partial charge on any atom is 0.296 e. The quantitative estimate of drug-likeness (QED) is 0.773. The van der Waals surface area contributed by atoms with E-state index in [0.717, 1.165) is 18.9 Å². The number of amides is 2. The molecule has 2 aromatic rings. The van der Waals surface area contributed by atoms with Crippen molar-refractivity contribution >= 4 is 11.8 Å². The highest BCUT2D eigenvalue weighted by Crippen LogP contribution is 2.22. The first kappa shape index (κ1) is 22.5. The Morgan fingerprint density at radius 3 is 2.48 bits per heavy atom. The average molecular weight is 430 g/mol. The molecule has 2 heterocycles. The summed E-state index contributed by atoms with van der Waals surface area (Å²) in [5.74, 6) is -2.00. The van der Waals surface area contributed by atoms with Crippen LogP contribution in [0.5, 0.6) is 5.75 Å². The predicted octanol–water partition coefficient (Wildman–Crippen LogP) is 2.09. The summed E-state index contributed by atoms with van der Waals surface area (Å²) in [5, 5.41) is 12.8. The Morgan fingerprint density at radius 2 is 1.87 bits per heavy atom. The van der Waals surface area contributed by atoms with Crippen molar-refractivity contribution in [2.45, 2.75) is 45.6 Å². The van der Waals surface area contributed by atoms with Gasteiger partial charge in [-0.25, -0.2) is 9.37 Å². The number of carbonyl (C=O) groups is 2. The molecule has 1 aliphatic rings. The van der Waals surface area contributed by atoms with Crippen LogP contribution in [0.4, 0.5) is 4.39 Å². The van der Waals surface area contributed by atoms with Gasteiger partial charge >= 0.3 is 0 Å². The lowest BCUT2D eigenvalue weighted by Crippen LogP contribution is -2.34. The van der Waals surface area contributed by atoms with Gasteiger partial charge in [0.15, 0.2) is 5.69 Å². The number of halogens is 1. The van der Waals surface area contributed by atoms with E-state index >= 15 is 0 Å². The predicted molar refractivity (Wildman–Crippen MR) is 113 cm³/mol. The van der Waals surface area contributed by atoms with E-state index in [1.165, 1.54) is 23.7 Å². The van der Waals surface area contributed by atoms with Crippen molar-refractivity contribution in [3.8, 4) is 5.75 Å². The number of aromatic hydroxyl groups is 1. The molecule has 0 spiro atoms. The molecular formula is C22H27FN4O4. The number of aromatic nitrogens is 2. The Labute approximate surface area is 179 Å². The number of carbonyl (C=O) groups excluding carboxylic acids is 2.